The molecule has 0 radical (unpaired) electrons. The van der Waals surface area contributed by atoms with E-state index in [1.165, 1.54) is 6.42 Å². The number of hydrogen-bond donors (Lipinski definition) is 1. The average molecular weight is 326 g/mol. The molecule has 0 aromatic heterocycles. The number of carbonyl (C=O) groups excluding carboxylic acids is 1. The molecule has 2 fully saturated rings. The Labute approximate surface area is 135 Å². The summed E-state index contributed by atoms with van der Waals surface area (Å²) in [6.07, 6.45) is 6.32. The molecule has 20 heavy (non-hydrogen) atoms. The molecule has 1 amide bonds. The minimum Gasteiger partial charge on any atom is -0.343 e. The molecule has 0 aromatic carbocycles. The second-order valence-electron chi connectivity index (χ2n) is 6.13. The summed E-state index contributed by atoms with van der Waals surface area (Å²) in [5, 5.41) is 0. The highest BCUT2D eigenvalue weighted by Crippen LogP contribution is 2.28. The lowest BCUT2D eigenvalue weighted by Crippen LogP contribution is -2.45. The van der Waals surface area contributed by atoms with E-state index in [9.17, 15) is 4.79 Å². The van der Waals surface area contributed by atoms with E-state index in [1.54, 1.807) is 0 Å². The van der Waals surface area contributed by atoms with Gasteiger partial charge in [-0.05, 0) is 45.7 Å². The predicted octanol–water partition coefficient (Wildman–Crippen LogP) is 1.90. The van der Waals surface area contributed by atoms with E-state index in [-0.39, 0.29) is 30.9 Å². The number of nitrogens with zero attached hydrogens (tertiary/aromatic N) is 2. The van der Waals surface area contributed by atoms with Crippen LogP contribution in [0.1, 0.15) is 38.5 Å². The fourth-order valence-corrected chi connectivity index (χ4v) is 3.30. The maximum atomic E-state index is 12.2. The van der Waals surface area contributed by atoms with E-state index in [4.69, 9.17) is 5.73 Å². The van der Waals surface area contributed by atoms with Crippen molar-refractivity contribution in [2.45, 2.75) is 50.6 Å². The van der Waals surface area contributed by atoms with Gasteiger partial charge in [0, 0.05) is 31.6 Å². The highest BCUT2D eigenvalue weighted by Gasteiger charge is 2.29. The summed E-state index contributed by atoms with van der Waals surface area (Å²) in [5.74, 6) is 0.763. The van der Waals surface area contributed by atoms with E-state index in [0.717, 1.165) is 38.8 Å². The first-order chi connectivity index (χ1) is 8.58. The molecule has 1 saturated heterocycles. The zero-order valence-electron chi connectivity index (χ0n) is 12.6. The number of carbonyl (C=O) groups is 1. The highest BCUT2D eigenvalue weighted by atomic mass is 35.5. The van der Waals surface area contributed by atoms with Gasteiger partial charge in [0.1, 0.15) is 0 Å². The molecule has 0 unspecified atom stereocenters. The summed E-state index contributed by atoms with van der Waals surface area (Å²) in [6.45, 7) is 1.84. The first-order valence-corrected chi connectivity index (χ1v) is 7.27. The molecule has 4 nitrogen and oxygen atoms in total. The first kappa shape index (κ1) is 20.0. The van der Waals surface area contributed by atoms with Crippen molar-refractivity contribution in [3.63, 3.8) is 0 Å². The Morgan fingerprint density at radius 2 is 1.75 bits per heavy atom. The molecule has 2 aliphatic rings. The van der Waals surface area contributed by atoms with Crippen molar-refractivity contribution in [3.05, 3.63) is 0 Å². The number of hydrogen-bond acceptors (Lipinski definition) is 3. The van der Waals surface area contributed by atoms with Crippen molar-refractivity contribution >= 4 is 30.7 Å². The van der Waals surface area contributed by atoms with Crippen molar-refractivity contribution < 1.29 is 4.79 Å². The molecular weight excluding hydrogens is 297 g/mol. The molecule has 120 valence electrons. The lowest BCUT2D eigenvalue weighted by Gasteiger charge is -2.35. The van der Waals surface area contributed by atoms with Gasteiger partial charge in [-0.2, -0.15) is 0 Å². The minimum atomic E-state index is 0. The number of halogens is 2. The maximum Gasteiger partial charge on any atom is 0.222 e. The van der Waals surface area contributed by atoms with Crippen molar-refractivity contribution in [2.75, 3.05) is 27.2 Å². The summed E-state index contributed by atoms with van der Waals surface area (Å²) in [5.41, 5.74) is 6.04. The van der Waals surface area contributed by atoms with E-state index < -0.39 is 0 Å². The smallest absolute Gasteiger partial charge is 0.222 e. The number of nitrogens with two attached hydrogens (primary N) is 1. The van der Waals surface area contributed by atoms with Crippen molar-refractivity contribution in [3.8, 4) is 0 Å². The van der Waals surface area contributed by atoms with Gasteiger partial charge >= 0.3 is 0 Å². The van der Waals surface area contributed by atoms with Crippen LogP contribution in [0.5, 0.6) is 0 Å². The molecule has 2 rings (SSSR count). The maximum absolute atomic E-state index is 12.2. The molecule has 2 atom stereocenters. The zero-order valence-corrected chi connectivity index (χ0v) is 14.2. The SMILES string of the molecule is CN(C)C1CCN(C(=O)C[C@@H]2CCC[C@H]2N)CC1.Cl.Cl. The Morgan fingerprint density at radius 3 is 2.20 bits per heavy atom. The van der Waals surface area contributed by atoms with E-state index >= 15 is 0 Å². The van der Waals surface area contributed by atoms with Gasteiger partial charge in [0.15, 0.2) is 0 Å². The fraction of sp³-hybridized carbons (Fsp3) is 0.929. The quantitative estimate of drug-likeness (QED) is 0.862. The number of amides is 1. The molecule has 1 saturated carbocycles. The van der Waals surface area contributed by atoms with Crippen LogP contribution in [0.15, 0.2) is 0 Å². The number of likely N-dealkylation sites (tertiary alicyclic amines) is 1. The fourth-order valence-electron chi connectivity index (χ4n) is 3.30. The van der Waals surface area contributed by atoms with Gasteiger partial charge in [0.25, 0.3) is 0 Å². The molecule has 1 heterocycles. The average Bonchev–Trinajstić information content (AvgIpc) is 2.75. The summed E-state index contributed by atoms with van der Waals surface area (Å²) in [6, 6.07) is 0.899. The Morgan fingerprint density at radius 1 is 1.15 bits per heavy atom. The predicted molar refractivity (Wildman–Crippen MR) is 87.7 cm³/mol. The van der Waals surface area contributed by atoms with E-state index in [1.807, 2.05) is 4.90 Å². The minimum absolute atomic E-state index is 0. The van der Waals surface area contributed by atoms with Crippen LogP contribution < -0.4 is 5.73 Å². The molecule has 6 heteroatoms. The van der Waals surface area contributed by atoms with Crippen LogP contribution in [-0.4, -0.2) is 55.0 Å². The topological polar surface area (TPSA) is 49.6 Å². The number of rotatable bonds is 3. The van der Waals surface area contributed by atoms with Crippen LogP contribution in [0.2, 0.25) is 0 Å². The summed E-state index contributed by atoms with van der Waals surface area (Å²) < 4.78 is 0. The van der Waals surface area contributed by atoms with E-state index in [0.29, 0.717) is 24.3 Å². The lowest BCUT2D eigenvalue weighted by molar-refractivity contribution is -0.133. The lowest BCUT2D eigenvalue weighted by atomic mass is 9.98. The standard InChI is InChI=1S/C14H27N3O.2ClH/c1-16(2)12-6-8-17(9-7-12)14(18)10-11-4-3-5-13(11)15;;/h11-13H,3-10,15H2,1-2H3;2*1H/t11-,13+;;/m0../s1. The number of piperidine rings is 1. The monoisotopic (exact) mass is 325 g/mol. The first-order valence-electron chi connectivity index (χ1n) is 7.27. The largest absolute Gasteiger partial charge is 0.343 e. The highest BCUT2D eigenvalue weighted by molar-refractivity contribution is 5.85. The third kappa shape index (κ3) is 5.06. The molecule has 1 aliphatic carbocycles. The Bertz CT molecular complexity index is 294. The normalized spacial score (nSPS) is 27.1. The van der Waals surface area contributed by atoms with Gasteiger partial charge in [-0.1, -0.05) is 6.42 Å². The van der Waals surface area contributed by atoms with Gasteiger partial charge in [-0.3, -0.25) is 4.79 Å². The van der Waals surface area contributed by atoms with Gasteiger partial charge in [0.05, 0.1) is 0 Å². The molecule has 1 aliphatic heterocycles. The van der Waals surface area contributed by atoms with Crippen LogP contribution in [-0.2, 0) is 4.79 Å². The van der Waals surface area contributed by atoms with Crippen LogP contribution in [0.3, 0.4) is 0 Å². The third-order valence-corrected chi connectivity index (χ3v) is 4.70. The molecule has 0 spiro atoms. The molecular formula is C14H29Cl2N3O. The van der Waals surface area contributed by atoms with Crippen molar-refractivity contribution in [1.29, 1.82) is 0 Å². The Kier molecular flexibility index (Phi) is 9.07. The Hall–Kier alpha value is -0.0300. The molecule has 2 N–H and O–H groups in total. The van der Waals surface area contributed by atoms with Crippen LogP contribution in [0.4, 0.5) is 0 Å². The van der Waals surface area contributed by atoms with Crippen molar-refractivity contribution in [1.82, 2.24) is 9.80 Å². The third-order valence-electron chi connectivity index (χ3n) is 4.70. The van der Waals surface area contributed by atoms with Gasteiger partial charge in [0.2, 0.25) is 5.91 Å². The van der Waals surface area contributed by atoms with Crippen molar-refractivity contribution in [2.24, 2.45) is 11.7 Å². The molecule has 0 bridgehead atoms. The summed E-state index contributed by atoms with van der Waals surface area (Å²) in [7, 11) is 4.25. The second kappa shape index (κ2) is 9.08. The second-order valence-corrected chi connectivity index (χ2v) is 6.13. The van der Waals surface area contributed by atoms with Gasteiger partial charge in [-0.15, -0.1) is 24.8 Å². The van der Waals surface area contributed by atoms with E-state index in [2.05, 4.69) is 19.0 Å². The van der Waals surface area contributed by atoms with Crippen LogP contribution in [0.25, 0.3) is 0 Å². The van der Waals surface area contributed by atoms with Gasteiger partial charge in [-0.25, -0.2) is 0 Å². The molecule has 0 aromatic rings. The zero-order chi connectivity index (χ0) is 13.1. The van der Waals surface area contributed by atoms with Crippen LogP contribution in [0, 0.1) is 5.92 Å². The summed E-state index contributed by atoms with van der Waals surface area (Å²) >= 11 is 0. The summed E-state index contributed by atoms with van der Waals surface area (Å²) in [4.78, 5) is 16.6. The van der Waals surface area contributed by atoms with Gasteiger partial charge < -0.3 is 15.5 Å². The van der Waals surface area contributed by atoms with Crippen LogP contribution >= 0.6 is 24.8 Å². The Balaban J connectivity index is 0.00000180.